The Balaban J connectivity index is 1.87. The molecular formula is C13H17FN4O. The van der Waals surface area contributed by atoms with Gasteiger partial charge in [-0.15, -0.1) is 5.10 Å². The van der Waals surface area contributed by atoms with Gasteiger partial charge in [-0.2, -0.15) is 0 Å². The Morgan fingerprint density at radius 1 is 1.42 bits per heavy atom. The number of benzene rings is 1. The summed E-state index contributed by atoms with van der Waals surface area (Å²) >= 11 is 0. The molecule has 2 aromatic rings. The number of rotatable bonds is 7. The molecule has 0 atom stereocenters. The molecule has 0 radical (unpaired) electrons. The zero-order valence-electron chi connectivity index (χ0n) is 10.8. The van der Waals surface area contributed by atoms with Crippen LogP contribution in [0.4, 0.5) is 4.39 Å². The lowest BCUT2D eigenvalue weighted by molar-refractivity contribution is 0.199. The number of hydrogen-bond acceptors (Lipinski definition) is 4. The van der Waals surface area contributed by atoms with Gasteiger partial charge in [0.05, 0.1) is 25.0 Å². The standard InChI is InChI=1S/C13H17FN4O/c1-19-6-5-15-8-13-10-18(17-16-13)9-11-3-2-4-12(14)7-11/h2-4,7,10,15H,5-6,8-9H2,1H3. The number of hydrogen-bond donors (Lipinski definition) is 1. The van der Waals surface area contributed by atoms with Crippen LogP contribution in [0.25, 0.3) is 0 Å². The highest BCUT2D eigenvalue weighted by atomic mass is 19.1. The number of ether oxygens (including phenoxy) is 1. The quantitative estimate of drug-likeness (QED) is 0.764. The Morgan fingerprint density at radius 2 is 2.32 bits per heavy atom. The largest absolute Gasteiger partial charge is 0.383 e. The summed E-state index contributed by atoms with van der Waals surface area (Å²) in [6.07, 6.45) is 1.85. The first kappa shape index (κ1) is 13.6. The fraction of sp³-hybridized carbons (Fsp3) is 0.385. The lowest BCUT2D eigenvalue weighted by Gasteiger charge is -2.01. The predicted molar refractivity (Wildman–Crippen MR) is 69.1 cm³/mol. The molecule has 2 rings (SSSR count). The molecule has 19 heavy (non-hydrogen) atoms. The lowest BCUT2D eigenvalue weighted by atomic mass is 10.2. The van der Waals surface area contributed by atoms with Crippen molar-refractivity contribution in [3.8, 4) is 0 Å². The maximum Gasteiger partial charge on any atom is 0.123 e. The lowest BCUT2D eigenvalue weighted by Crippen LogP contribution is -2.18. The zero-order valence-corrected chi connectivity index (χ0v) is 10.8. The van der Waals surface area contributed by atoms with Crippen LogP contribution in [0.1, 0.15) is 11.3 Å². The van der Waals surface area contributed by atoms with E-state index in [1.807, 2.05) is 12.3 Å². The van der Waals surface area contributed by atoms with Gasteiger partial charge in [-0.3, -0.25) is 0 Å². The third-order valence-electron chi connectivity index (χ3n) is 2.61. The van der Waals surface area contributed by atoms with Crippen LogP contribution in [0.15, 0.2) is 30.5 Å². The molecule has 1 aromatic heterocycles. The van der Waals surface area contributed by atoms with Crippen molar-refractivity contribution in [1.29, 1.82) is 0 Å². The molecule has 0 aliphatic rings. The van der Waals surface area contributed by atoms with E-state index in [1.54, 1.807) is 17.9 Å². The van der Waals surface area contributed by atoms with Crippen molar-refractivity contribution in [3.63, 3.8) is 0 Å². The molecule has 1 heterocycles. The molecule has 0 bridgehead atoms. The van der Waals surface area contributed by atoms with Crippen molar-refractivity contribution in [1.82, 2.24) is 20.3 Å². The van der Waals surface area contributed by atoms with Crippen LogP contribution in [0.5, 0.6) is 0 Å². The Kier molecular flexibility index (Phi) is 5.00. The smallest absolute Gasteiger partial charge is 0.123 e. The molecule has 1 aromatic carbocycles. The highest BCUT2D eigenvalue weighted by molar-refractivity contribution is 5.16. The van der Waals surface area contributed by atoms with Gasteiger partial charge < -0.3 is 10.1 Å². The van der Waals surface area contributed by atoms with E-state index in [-0.39, 0.29) is 5.82 Å². The van der Waals surface area contributed by atoms with Crippen molar-refractivity contribution in [2.24, 2.45) is 0 Å². The van der Waals surface area contributed by atoms with Crippen LogP contribution in [0.2, 0.25) is 0 Å². The summed E-state index contributed by atoms with van der Waals surface area (Å²) in [5.74, 6) is -0.237. The van der Waals surface area contributed by atoms with Crippen molar-refractivity contribution in [3.05, 3.63) is 47.5 Å². The van der Waals surface area contributed by atoms with Gasteiger partial charge in [-0.25, -0.2) is 9.07 Å². The Bertz CT molecular complexity index is 515. The molecule has 0 spiro atoms. The Labute approximate surface area is 111 Å². The third kappa shape index (κ3) is 4.42. The van der Waals surface area contributed by atoms with E-state index in [0.29, 0.717) is 19.7 Å². The van der Waals surface area contributed by atoms with E-state index in [4.69, 9.17) is 4.74 Å². The maximum absolute atomic E-state index is 13.0. The number of nitrogens with zero attached hydrogens (tertiary/aromatic N) is 3. The number of methoxy groups -OCH3 is 1. The first-order valence-electron chi connectivity index (χ1n) is 6.11. The summed E-state index contributed by atoms with van der Waals surface area (Å²) in [6.45, 7) is 2.60. The van der Waals surface area contributed by atoms with Crippen LogP contribution >= 0.6 is 0 Å². The van der Waals surface area contributed by atoms with Gasteiger partial charge in [0, 0.05) is 20.2 Å². The molecule has 6 heteroatoms. The first-order valence-corrected chi connectivity index (χ1v) is 6.11. The SMILES string of the molecule is COCCNCc1cn(Cc2cccc(F)c2)nn1. The second kappa shape index (κ2) is 6.96. The van der Waals surface area contributed by atoms with Gasteiger partial charge in [0.25, 0.3) is 0 Å². The molecule has 0 aliphatic carbocycles. The molecule has 1 N–H and O–H groups in total. The van der Waals surface area contributed by atoms with Crippen molar-refractivity contribution >= 4 is 0 Å². The Hall–Kier alpha value is -1.79. The fourth-order valence-corrected chi connectivity index (χ4v) is 1.71. The van der Waals surface area contributed by atoms with E-state index >= 15 is 0 Å². The summed E-state index contributed by atoms with van der Waals surface area (Å²) in [6, 6.07) is 6.48. The highest BCUT2D eigenvalue weighted by Gasteiger charge is 2.02. The minimum absolute atomic E-state index is 0.237. The summed E-state index contributed by atoms with van der Waals surface area (Å²) < 4.78 is 19.7. The van der Waals surface area contributed by atoms with Gasteiger partial charge >= 0.3 is 0 Å². The number of aromatic nitrogens is 3. The molecule has 5 nitrogen and oxygen atoms in total. The number of halogens is 1. The average molecular weight is 264 g/mol. The van der Waals surface area contributed by atoms with Gasteiger partial charge in [0.15, 0.2) is 0 Å². The summed E-state index contributed by atoms with van der Waals surface area (Å²) in [7, 11) is 1.66. The third-order valence-corrected chi connectivity index (χ3v) is 2.61. The second-order valence-corrected chi connectivity index (χ2v) is 4.21. The summed E-state index contributed by atoms with van der Waals surface area (Å²) in [5.41, 5.74) is 1.72. The first-order chi connectivity index (χ1) is 9.28. The van der Waals surface area contributed by atoms with Crippen LogP contribution in [-0.4, -0.2) is 35.3 Å². The van der Waals surface area contributed by atoms with Gasteiger partial charge in [0.2, 0.25) is 0 Å². The van der Waals surface area contributed by atoms with E-state index < -0.39 is 0 Å². The Morgan fingerprint density at radius 3 is 3.11 bits per heavy atom. The van der Waals surface area contributed by atoms with Gasteiger partial charge in [-0.1, -0.05) is 17.3 Å². The van der Waals surface area contributed by atoms with E-state index in [0.717, 1.165) is 17.8 Å². The van der Waals surface area contributed by atoms with Gasteiger partial charge in [-0.05, 0) is 17.7 Å². The molecule has 0 saturated carbocycles. The van der Waals surface area contributed by atoms with Gasteiger partial charge in [0.1, 0.15) is 5.82 Å². The monoisotopic (exact) mass is 264 g/mol. The minimum atomic E-state index is -0.237. The van der Waals surface area contributed by atoms with Crippen molar-refractivity contribution in [2.75, 3.05) is 20.3 Å². The minimum Gasteiger partial charge on any atom is -0.383 e. The summed E-state index contributed by atoms with van der Waals surface area (Å²) in [4.78, 5) is 0. The van der Waals surface area contributed by atoms with Crippen molar-refractivity contribution < 1.29 is 9.13 Å². The van der Waals surface area contributed by atoms with E-state index in [2.05, 4.69) is 15.6 Å². The maximum atomic E-state index is 13.0. The average Bonchev–Trinajstić information content (AvgIpc) is 2.82. The normalized spacial score (nSPS) is 10.8. The molecule has 0 fully saturated rings. The van der Waals surface area contributed by atoms with Crippen LogP contribution < -0.4 is 5.32 Å². The molecule has 0 aliphatic heterocycles. The molecular weight excluding hydrogens is 247 g/mol. The molecule has 0 saturated heterocycles. The second-order valence-electron chi connectivity index (χ2n) is 4.21. The fourth-order valence-electron chi connectivity index (χ4n) is 1.71. The van der Waals surface area contributed by atoms with E-state index in [9.17, 15) is 4.39 Å². The van der Waals surface area contributed by atoms with Crippen LogP contribution in [-0.2, 0) is 17.8 Å². The van der Waals surface area contributed by atoms with Crippen LogP contribution in [0.3, 0.4) is 0 Å². The highest BCUT2D eigenvalue weighted by Crippen LogP contribution is 2.05. The summed E-state index contributed by atoms with van der Waals surface area (Å²) in [5, 5.41) is 11.2. The predicted octanol–water partition coefficient (Wildman–Crippen LogP) is 1.20. The molecule has 0 unspecified atom stereocenters. The zero-order chi connectivity index (χ0) is 13.5. The van der Waals surface area contributed by atoms with Crippen molar-refractivity contribution in [2.45, 2.75) is 13.1 Å². The topological polar surface area (TPSA) is 52.0 Å². The number of nitrogens with one attached hydrogen (secondary N) is 1. The van der Waals surface area contributed by atoms with E-state index in [1.165, 1.54) is 12.1 Å². The molecule has 0 amide bonds. The molecule has 102 valence electrons. The van der Waals surface area contributed by atoms with Crippen LogP contribution in [0, 0.1) is 5.82 Å².